The zero-order valence-corrected chi connectivity index (χ0v) is 29.9. The van der Waals surface area contributed by atoms with Crippen molar-refractivity contribution in [1.82, 2.24) is 24.1 Å². The molecule has 4 heterocycles. The van der Waals surface area contributed by atoms with Crippen LogP contribution in [0.2, 0.25) is 0 Å². The summed E-state index contributed by atoms with van der Waals surface area (Å²) in [5.41, 5.74) is 6.24. The van der Waals surface area contributed by atoms with Crippen LogP contribution in [0.15, 0.2) is 192 Å². The number of para-hydroxylation sites is 6. The maximum Gasteiger partial charge on any atom is 0.238 e. The lowest BCUT2D eigenvalue weighted by atomic mass is 9.99. The third-order valence-electron chi connectivity index (χ3n) is 10.6. The molecule has 57 heavy (non-hydrogen) atoms. The number of fused-ring (bicyclic) bond motifs is 9. The first-order chi connectivity index (χ1) is 31.5. The molecule has 0 N–H and O–H groups in total. The highest BCUT2D eigenvalue weighted by Gasteiger charge is 2.23. The van der Waals surface area contributed by atoms with Gasteiger partial charge in [-0.05, 0) is 48.0 Å². The van der Waals surface area contributed by atoms with Gasteiger partial charge >= 0.3 is 0 Å². The number of nitrogens with zero attached hydrogens (tertiary/aromatic N) is 5. The van der Waals surface area contributed by atoms with Gasteiger partial charge < -0.3 is 8.98 Å². The van der Waals surface area contributed by atoms with E-state index in [-0.39, 0.29) is 69.8 Å². The van der Waals surface area contributed by atoms with Gasteiger partial charge in [0.1, 0.15) is 11.2 Å². The molecule has 4 aromatic heterocycles. The van der Waals surface area contributed by atoms with E-state index in [0.717, 1.165) is 43.7 Å². The Morgan fingerprint density at radius 1 is 0.421 bits per heavy atom. The largest absolute Gasteiger partial charge is 0.455 e. The Bertz CT molecular complexity index is 3880. The van der Waals surface area contributed by atoms with Crippen molar-refractivity contribution < 1.29 is 15.4 Å². The van der Waals surface area contributed by atoms with E-state index >= 15 is 0 Å². The van der Waals surface area contributed by atoms with Gasteiger partial charge in [0.25, 0.3) is 0 Å². The molecule has 0 amide bonds. The molecule has 12 aromatic rings. The highest BCUT2D eigenvalue weighted by molar-refractivity contribution is 6.12. The molecule has 0 radical (unpaired) electrons. The number of hydrogen-bond donors (Lipinski definition) is 0. The topological polar surface area (TPSA) is 61.7 Å². The molecule has 0 aliphatic heterocycles. The van der Waals surface area contributed by atoms with E-state index in [4.69, 9.17) is 27.6 Å². The van der Waals surface area contributed by atoms with E-state index in [1.165, 1.54) is 12.1 Å². The van der Waals surface area contributed by atoms with Crippen LogP contribution in [0.4, 0.5) is 0 Å². The molecule has 0 unspecified atom stereocenters. The monoisotopic (exact) mass is 737 g/mol. The van der Waals surface area contributed by atoms with E-state index in [1.54, 1.807) is 28.8 Å². The highest BCUT2D eigenvalue weighted by atomic mass is 16.3. The van der Waals surface area contributed by atoms with Crippen LogP contribution < -0.4 is 0 Å². The molecular formula is C51H31N5O. The molecule has 6 nitrogen and oxygen atoms in total. The summed E-state index contributed by atoms with van der Waals surface area (Å²) in [5, 5.41) is 3.63. The molecular weight excluding hydrogens is 699 g/mol. The van der Waals surface area contributed by atoms with Crippen molar-refractivity contribution in [2.75, 3.05) is 0 Å². The summed E-state index contributed by atoms with van der Waals surface area (Å²) in [7, 11) is 0. The molecule has 6 heteroatoms. The van der Waals surface area contributed by atoms with E-state index in [1.807, 2.05) is 108 Å². The number of rotatable bonds is 5. The SMILES string of the molecule is [2H]c1ccc2c(c1)c1cc([2H])ccc1n2-c1nc(-c2ccccc2)nc(-c2ccc(-c3cccc4c3oc3ccccc34)cc2-n2c3c([2H])cc([2H])c([2H])c3c3c([2H])c([2H])cc([2H])c32)n1. The summed E-state index contributed by atoms with van der Waals surface area (Å²) in [5.74, 6) is 0.831. The molecule has 0 spiro atoms. The highest BCUT2D eigenvalue weighted by Crippen LogP contribution is 2.41. The summed E-state index contributed by atoms with van der Waals surface area (Å²) in [6.07, 6.45) is 0. The van der Waals surface area contributed by atoms with E-state index in [2.05, 4.69) is 0 Å². The quantitative estimate of drug-likeness (QED) is 0.176. The van der Waals surface area contributed by atoms with Gasteiger partial charge in [0.2, 0.25) is 5.95 Å². The Hall–Kier alpha value is -7.83. The Morgan fingerprint density at radius 3 is 1.86 bits per heavy atom. The first-order valence-electron chi connectivity index (χ1n) is 22.4. The molecule has 266 valence electrons. The third kappa shape index (κ3) is 4.81. The lowest BCUT2D eigenvalue weighted by Gasteiger charge is -2.17. The average molecular weight is 738 g/mol. The molecule has 8 aromatic carbocycles. The number of aromatic nitrogens is 5. The molecule has 0 saturated heterocycles. The number of furan rings is 1. The first kappa shape index (κ1) is 24.6. The minimum Gasteiger partial charge on any atom is -0.455 e. The van der Waals surface area contributed by atoms with E-state index in [0.29, 0.717) is 45.9 Å². The van der Waals surface area contributed by atoms with Crippen LogP contribution in [0.3, 0.4) is 0 Å². The molecule has 0 fully saturated rings. The summed E-state index contributed by atoms with van der Waals surface area (Å²) in [6, 6.07) is 41.7. The Balaban J connectivity index is 1.23. The number of benzene rings is 8. The number of hydrogen-bond acceptors (Lipinski definition) is 4. The van der Waals surface area contributed by atoms with Crippen LogP contribution in [0.25, 0.3) is 111 Å². The van der Waals surface area contributed by atoms with Crippen molar-refractivity contribution >= 4 is 65.6 Å². The summed E-state index contributed by atoms with van der Waals surface area (Å²) in [4.78, 5) is 15.4. The van der Waals surface area contributed by atoms with Gasteiger partial charge in [-0.3, -0.25) is 4.57 Å². The molecule has 0 bridgehead atoms. The molecule has 0 aliphatic carbocycles. The molecule has 0 saturated carbocycles. The Kier molecular flexibility index (Phi) is 5.32. The van der Waals surface area contributed by atoms with Crippen LogP contribution in [0.5, 0.6) is 0 Å². The van der Waals surface area contributed by atoms with Gasteiger partial charge in [-0.1, -0.05) is 145 Å². The minimum atomic E-state index is -0.227. The van der Waals surface area contributed by atoms with Gasteiger partial charge in [-0.15, -0.1) is 0 Å². The van der Waals surface area contributed by atoms with Crippen molar-refractivity contribution in [3.05, 3.63) is 188 Å². The van der Waals surface area contributed by atoms with E-state index in [9.17, 15) is 2.74 Å². The smallest absolute Gasteiger partial charge is 0.238 e. The summed E-state index contributed by atoms with van der Waals surface area (Å²) < 4.78 is 81.4. The zero-order chi connectivity index (χ0) is 44.4. The van der Waals surface area contributed by atoms with Gasteiger partial charge in [0.05, 0.1) is 38.7 Å². The van der Waals surface area contributed by atoms with Crippen LogP contribution in [-0.2, 0) is 0 Å². The van der Waals surface area contributed by atoms with Gasteiger partial charge in [-0.2, -0.15) is 9.97 Å². The zero-order valence-electron chi connectivity index (χ0n) is 37.9. The second kappa shape index (κ2) is 12.3. The van der Waals surface area contributed by atoms with Crippen LogP contribution in [0.1, 0.15) is 11.0 Å². The molecule has 0 atom stereocenters. The van der Waals surface area contributed by atoms with Crippen LogP contribution >= 0.6 is 0 Å². The fraction of sp³-hybridized carbons (Fsp3) is 0. The fourth-order valence-corrected chi connectivity index (χ4v) is 8.12. The second-order valence-electron chi connectivity index (χ2n) is 13.8. The maximum atomic E-state index is 9.36. The predicted octanol–water partition coefficient (Wildman–Crippen LogP) is 13.0. The fourth-order valence-electron chi connectivity index (χ4n) is 8.12. The Labute approximate surface area is 337 Å². The lowest BCUT2D eigenvalue weighted by molar-refractivity contribution is 0.670. The second-order valence-corrected chi connectivity index (χ2v) is 13.8. The Morgan fingerprint density at radius 2 is 1.11 bits per heavy atom. The normalized spacial score (nSPS) is 13.8. The van der Waals surface area contributed by atoms with Gasteiger partial charge in [0.15, 0.2) is 11.6 Å². The van der Waals surface area contributed by atoms with Gasteiger partial charge in [0, 0.05) is 49.0 Å². The van der Waals surface area contributed by atoms with Crippen molar-refractivity contribution in [2.24, 2.45) is 0 Å². The predicted molar refractivity (Wildman–Crippen MR) is 232 cm³/mol. The molecule has 12 rings (SSSR count). The first-order valence-corrected chi connectivity index (χ1v) is 18.4. The van der Waals surface area contributed by atoms with Crippen molar-refractivity contribution in [3.8, 4) is 45.5 Å². The van der Waals surface area contributed by atoms with Crippen molar-refractivity contribution in [1.29, 1.82) is 0 Å². The standard InChI is InChI=1S/C51H31N5O/c1-2-15-32(16-3-1)49-52-50(54-51(53-49)56-44-26-11-6-19-37(44)38-20-7-12-27-45(38)56)41-30-29-33(34-22-14-23-40-39-21-8-13-28-47(39)57-48(34)40)31-46(41)55-42-24-9-4-17-35(42)36-18-5-10-25-43(36)55/h1-31H/i4D,5D,6D,7D,17D,18D,24D,25D. The van der Waals surface area contributed by atoms with Gasteiger partial charge in [-0.25, -0.2) is 4.98 Å². The van der Waals surface area contributed by atoms with Crippen LogP contribution in [-0.4, -0.2) is 24.1 Å². The van der Waals surface area contributed by atoms with E-state index < -0.39 is 0 Å². The van der Waals surface area contributed by atoms with Crippen molar-refractivity contribution in [3.63, 3.8) is 0 Å². The average Bonchev–Trinajstić information content (AvgIpc) is 3.99. The minimum absolute atomic E-state index is 0.104. The van der Waals surface area contributed by atoms with Crippen LogP contribution in [0, 0.1) is 0 Å². The molecule has 0 aliphatic rings. The van der Waals surface area contributed by atoms with Crippen molar-refractivity contribution in [2.45, 2.75) is 0 Å². The third-order valence-corrected chi connectivity index (χ3v) is 10.6. The summed E-state index contributed by atoms with van der Waals surface area (Å²) >= 11 is 0. The summed E-state index contributed by atoms with van der Waals surface area (Å²) in [6.45, 7) is 0. The maximum absolute atomic E-state index is 9.36. The lowest BCUT2D eigenvalue weighted by Crippen LogP contribution is -2.08.